The van der Waals surface area contributed by atoms with E-state index in [-0.39, 0.29) is 18.3 Å². The summed E-state index contributed by atoms with van der Waals surface area (Å²) in [5, 5.41) is 8.69. The van der Waals surface area contributed by atoms with Crippen molar-refractivity contribution in [3.63, 3.8) is 0 Å². The number of ether oxygens (including phenoxy) is 4. The molecule has 3 heterocycles. The summed E-state index contributed by atoms with van der Waals surface area (Å²) in [7, 11) is 0. The average molecular weight is 382 g/mol. The van der Waals surface area contributed by atoms with Crippen LogP contribution in [0, 0.1) is 18.3 Å². The second-order valence-electron chi connectivity index (χ2n) is 6.87. The lowest BCUT2D eigenvalue weighted by Crippen LogP contribution is -2.34. The van der Waals surface area contributed by atoms with Gasteiger partial charge in [0.1, 0.15) is 30.3 Å². The van der Waals surface area contributed by atoms with Crippen LogP contribution in [0.15, 0.2) is 29.1 Å². The highest BCUT2D eigenvalue weighted by molar-refractivity contribution is 5.71. The van der Waals surface area contributed by atoms with Crippen molar-refractivity contribution in [3.05, 3.63) is 45.7 Å². The first kappa shape index (κ1) is 18.5. The molecule has 146 valence electrons. The summed E-state index contributed by atoms with van der Waals surface area (Å²) >= 11 is 0. The van der Waals surface area contributed by atoms with E-state index in [0.29, 0.717) is 44.5 Å². The minimum absolute atomic E-state index is 0.0127. The van der Waals surface area contributed by atoms with Crippen molar-refractivity contribution < 1.29 is 18.9 Å². The lowest BCUT2D eigenvalue weighted by atomic mass is 9.94. The molecule has 2 aliphatic heterocycles. The summed E-state index contributed by atoms with van der Waals surface area (Å²) < 4.78 is 24.2. The maximum atomic E-state index is 12.7. The van der Waals surface area contributed by atoms with Crippen LogP contribution < -0.4 is 15.0 Å². The van der Waals surface area contributed by atoms with Crippen LogP contribution in [-0.4, -0.2) is 43.7 Å². The van der Waals surface area contributed by atoms with Crippen LogP contribution in [0.3, 0.4) is 0 Å². The van der Waals surface area contributed by atoms with E-state index < -0.39 is 0 Å². The van der Waals surface area contributed by atoms with E-state index in [1.54, 1.807) is 10.6 Å². The Labute approximate surface area is 163 Å². The van der Waals surface area contributed by atoms with Crippen LogP contribution in [-0.2, 0) is 22.4 Å². The average Bonchev–Trinajstić information content (AvgIpc) is 2.73. The molecule has 0 N–H and O–H groups in total. The highest BCUT2D eigenvalue weighted by atomic mass is 16.6. The zero-order valence-corrected chi connectivity index (χ0v) is 15.8. The molecule has 1 aromatic heterocycles. The lowest BCUT2D eigenvalue weighted by molar-refractivity contribution is -0.101. The predicted octanol–water partition coefficient (Wildman–Crippen LogP) is 2.08. The van der Waals surface area contributed by atoms with E-state index in [0.717, 1.165) is 28.8 Å². The summed E-state index contributed by atoms with van der Waals surface area (Å²) in [5.74, 6) is 1.23. The highest BCUT2D eigenvalue weighted by Gasteiger charge is 2.23. The standard InChI is InChI=1S/C21H22N2O5/c1-14-19(28-13-17-12-25-8-9-27-17)11-20(24)23-6-4-15-10-16(26-7-5-22)2-3-18(15)21(14)23/h2-3,10-11,17H,4,6-9,12-13H2,1H3/t17-/m0/s1. The number of nitrogens with zero attached hydrogens (tertiary/aromatic N) is 2. The van der Waals surface area contributed by atoms with Crippen molar-refractivity contribution in [2.75, 3.05) is 33.0 Å². The third kappa shape index (κ3) is 3.61. The smallest absolute Gasteiger partial charge is 0.254 e. The Bertz CT molecular complexity index is 970. The number of rotatable bonds is 5. The van der Waals surface area contributed by atoms with E-state index in [2.05, 4.69) is 0 Å². The second kappa shape index (κ2) is 8.05. The van der Waals surface area contributed by atoms with Crippen molar-refractivity contribution in [2.24, 2.45) is 0 Å². The Morgan fingerprint density at radius 1 is 1.29 bits per heavy atom. The molecule has 0 amide bonds. The third-order valence-electron chi connectivity index (χ3n) is 5.06. The maximum Gasteiger partial charge on any atom is 0.254 e. The molecule has 0 unspecified atom stereocenters. The van der Waals surface area contributed by atoms with Gasteiger partial charge in [0.25, 0.3) is 5.56 Å². The summed E-state index contributed by atoms with van der Waals surface area (Å²) in [6, 6.07) is 9.25. The van der Waals surface area contributed by atoms with Crippen molar-refractivity contribution in [3.8, 4) is 28.8 Å². The van der Waals surface area contributed by atoms with Gasteiger partial charge in [-0.15, -0.1) is 0 Å². The molecule has 0 bridgehead atoms. The normalized spacial score (nSPS) is 17.9. The van der Waals surface area contributed by atoms with Crippen molar-refractivity contribution in [2.45, 2.75) is 26.0 Å². The van der Waals surface area contributed by atoms with E-state index in [1.807, 2.05) is 31.2 Å². The van der Waals surface area contributed by atoms with Crippen molar-refractivity contribution in [1.82, 2.24) is 4.57 Å². The highest BCUT2D eigenvalue weighted by Crippen LogP contribution is 2.36. The number of nitriles is 1. The third-order valence-corrected chi connectivity index (χ3v) is 5.06. The molecule has 1 aromatic carbocycles. The van der Waals surface area contributed by atoms with Gasteiger partial charge in [-0.3, -0.25) is 4.79 Å². The first-order chi connectivity index (χ1) is 13.7. The molecule has 0 aliphatic carbocycles. The number of hydrogen-bond donors (Lipinski definition) is 0. The van der Waals surface area contributed by atoms with E-state index in [9.17, 15) is 4.79 Å². The Balaban J connectivity index is 1.64. The van der Waals surface area contributed by atoms with Gasteiger partial charge in [-0.2, -0.15) is 5.26 Å². The van der Waals surface area contributed by atoms with Crippen LogP contribution in [0.1, 0.15) is 11.1 Å². The molecular weight excluding hydrogens is 360 g/mol. The monoisotopic (exact) mass is 382 g/mol. The number of hydrogen-bond acceptors (Lipinski definition) is 6. The topological polar surface area (TPSA) is 82.7 Å². The SMILES string of the molecule is Cc1c(OC[C@@H]2COCCO2)cc(=O)n2c1-c1ccc(OCC#N)cc1CC2. The van der Waals surface area contributed by atoms with Gasteiger partial charge in [0, 0.05) is 23.7 Å². The zero-order valence-electron chi connectivity index (χ0n) is 15.8. The summed E-state index contributed by atoms with van der Waals surface area (Å²) in [6.07, 6.45) is 0.609. The fourth-order valence-corrected chi connectivity index (χ4v) is 3.71. The number of fused-ring (bicyclic) bond motifs is 3. The van der Waals surface area contributed by atoms with Crippen LogP contribution in [0.2, 0.25) is 0 Å². The number of aryl methyl sites for hydroxylation is 1. The summed E-state index contributed by atoms with van der Waals surface area (Å²) in [5.41, 5.74) is 3.80. The van der Waals surface area contributed by atoms with Crippen LogP contribution in [0.5, 0.6) is 11.5 Å². The fraction of sp³-hybridized carbons (Fsp3) is 0.429. The Morgan fingerprint density at radius 2 is 2.18 bits per heavy atom. The van der Waals surface area contributed by atoms with E-state index in [1.165, 1.54) is 0 Å². The molecule has 1 saturated heterocycles. The molecule has 0 radical (unpaired) electrons. The Hall–Kier alpha value is -2.82. The molecule has 1 atom stereocenters. The van der Waals surface area contributed by atoms with Crippen LogP contribution in [0.4, 0.5) is 0 Å². The molecule has 2 aromatic rings. The van der Waals surface area contributed by atoms with E-state index in [4.69, 9.17) is 24.2 Å². The van der Waals surface area contributed by atoms with Crippen LogP contribution in [0.25, 0.3) is 11.3 Å². The molecule has 4 rings (SSSR count). The maximum absolute atomic E-state index is 12.7. The predicted molar refractivity (Wildman–Crippen MR) is 102 cm³/mol. The van der Waals surface area contributed by atoms with Gasteiger partial charge < -0.3 is 23.5 Å². The molecule has 0 spiro atoms. The fourth-order valence-electron chi connectivity index (χ4n) is 3.71. The summed E-state index contributed by atoms with van der Waals surface area (Å²) in [4.78, 5) is 12.7. The second-order valence-corrected chi connectivity index (χ2v) is 6.87. The number of pyridine rings is 1. The van der Waals surface area contributed by atoms with Crippen LogP contribution >= 0.6 is 0 Å². The van der Waals surface area contributed by atoms with Crippen molar-refractivity contribution >= 4 is 0 Å². The first-order valence-electron chi connectivity index (χ1n) is 9.37. The van der Waals surface area contributed by atoms with Gasteiger partial charge in [0.2, 0.25) is 0 Å². The van der Waals surface area contributed by atoms with Gasteiger partial charge in [-0.05, 0) is 37.1 Å². The molecule has 7 nitrogen and oxygen atoms in total. The largest absolute Gasteiger partial charge is 0.490 e. The molecular formula is C21H22N2O5. The minimum Gasteiger partial charge on any atom is -0.490 e. The van der Waals surface area contributed by atoms with Gasteiger partial charge in [0.05, 0.1) is 25.5 Å². The molecule has 1 fully saturated rings. The number of benzene rings is 1. The quantitative estimate of drug-likeness (QED) is 0.787. The zero-order chi connectivity index (χ0) is 19.5. The van der Waals surface area contributed by atoms with Gasteiger partial charge >= 0.3 is 0 Å². The van der Waals surface area contributed by atoms with E-state index >= 15 is 0 Å². The molecule has 0 saturated carbocycles. The molecule has 7 heteroatoms. The Kier molecular flexibility index (Phi) is 5.33. The van der Waals surface area contributed by atoms with Gasteiger partial charge in [-0.1, -0.05) is 0 Å². The summed E-state index contributed by atoms with van der Waals surface area (Å²) in [6.45, 7) is 4.58. The molecule has 28 heavy (non-hydrogen) atoms. The van der Waals surface area contributed by atoms with Gasteiger partial charge in [-0.25, -0.2) is 0 Å². The lowest BCUT2D eigenvalue weighted by Gasteiger charge is -2.26. The molecule has 2 aliphatic rings. The minimum atomic E-state index is -0.126. The Morgan fingerprint density at radius 3 is 2.96 bits per heavy atom. The van der Waals surface area contributed by atoms with Crippen molar-refractivity contribution in [1.29, 1.82) is 5.26 Å². The number of aromatic nitrogens is 1. The van der Waals surface area contributed by atoms with Gasteiger partial charge in [0.15, 0.2) is 6.61 Å². The first-order valence-corrected chi connectivity index (χ1v) is 9.37.